The van der Waals surface area contributed by atoms with Crippen LogP contribution in [-0.4, -0.2) is 35.5 Å². The highest BCUT2D eigenvalue weighted by Crippen LogP contribution is 2.30. The molecule has 1 N–H and O–H groups in total. The Morgan fingerprint density at radius 3 is 2.78 bits per heavy atom. The predicted octanol–water partition coefficient (Wildman–Crippen LogP) is 2.70. The maximum atomic E-state index is 12.9. The van der Waals surface area contributed by atoms with Gasteiger partial charge in [0.05, 0.1) is 5.54 Å². The van der Waals surface area contributed by atoms with Crippen molar-refractivity contribution in [2.45, 2.75) is 76.8 Å². The van der Waals surface area contributed by atoms with E-state index in [1.54, 1.807) is 0 Å². The first-order valence-corrected chi connectivity index (χ1v) is 7.79. The zero-order chi connectivity index (χ0) is 13.0. The highest BCUT2D eigenvalue weighted by Gasteiger charge is 2.44. The Labute approximate surface area is 111 Å². The molecule has 3 nitrogen and oxygen atoms in total. The standard InChI is InChI=1S/C15H28N2O/c1-3-9-15(10-7-11-16-15)14(18)17-12-6-5-8-13(17)4-2/h13,16H,3-12H2,1-2H3. The van der Waals surface area contributed by atoms with Crippen LogP contribution in [0.3, 0.4) is 0 Å². The quantitative estimate of drug-likeness (QED) is 0.834. The maximum Gasteiger partial charge on any atom is 0.243 e. The van der Waals surface area contributed by atoms with Crippen LogP contribution in [0.15, 0.2) is 0 Å². The summed E-state index contributed by atoms with van der Waals surface area (Å²) in [5, 5.41) is 3.52. The number of piperidine rings is 1. The average Bonchev–Trinajstić information content (AvgIpc) is 2.88. The third-order valence-corrected chi connectivity index (χ3v) is 4.69. The smallest absolute Gasteiger partial charge is 0.243 e. The second kappa shape index (κ2) is 6.05. The van der Waals surface area contributed by atoms with Crippen LogP contribution in [0.25, 0.3) is 0 Å². The van der Waals surface area contributed by atoms with Crippen LogP contribution in [0.2, 0.25) is 0 Å². The van der Waals surface area contributed by atoms with Gasteiger partial charge in [-0.2, -0.15) is 0 Å². The van der Waals surface area contributed by atoms with E-state index in [0.717, 1.165) is 45.2 Å². The summed E-state index contributed by atoms with van der Waals surface area (Å²) in [6, 6.07) is 0.488. The van der Waals surface area contributed by atoms with Crippen molar-refractivity contribution in [3.05, 3.63) is 0 Å². The fraction of sp³-hybridized carbons (Fsp3) is 0.933. The first-order valence-electron chi connectivity index (χ1n) is 7.79. The van der Waals surface area contributed by atoms with Gasteiger partial charge in [-0.05, 0) is 51.5 Å². The van der Waals surface area contributed by atoms with Crippen molar-refractivity contribution in [2.75, 3.05) is 13.1 Å². The molecule has 1 amide bonds. The lowest BCUT2D eigenvalue weighted by Gasteiger charge is -2.41. The molecule has 0 bridgehead atoms. The lowest BCUT2D eigenvalue weighted by atomic mass is 9.88. The number of likely N-dealkylation sites (tertiary alicyclic amines) is 1. The predicted molar refractivity (Wildman–Crippen MR) is 74.5 cm³/mol. The Morgan fingerprint density at radius 2 is 2.17 bits per heavy atom. The van der Waals surface area contributed by atoms with Gasteiger partial charge in [-0.3, -0.25) is 4.79 Å². The minimum absolute atomic E-state index is 0.223. The first-order chi connectivity index (χ1) is 8.73. The number of amides is 1. The van der Waals surface area contributed by atoms with Crippen molar-refractivity contribution in [1.29, 1.82) is 0 Å². The highest BCUT2D eigenvalue weighted by molar-refractivity contribution is 5.87. The van der Waals surface area contributed by atoms with Gasteiger partial charge >= 0.3 is 0 Å². The molecule has 0 saturated carbocycles. The zero-order valence-corrected chi connectivity index (χ0v) is 12.0. The normalized spacial score (nSPS) is 32.8. The summed E-state index contributed by atoms with van der Waals surface area (Å²) in [4.78, 5) is 15.1. The van der Waals surface area contributed by atoms with Crippen LogP contribution in [0.5, 0.6) is 0 Å². The third-order valence-electron chi connectivity index (χ3n) is 4.69. The largest absolute Gasteiger partial charge is 0.338 e. The SMILES string of the molecule is CCCC1(C(=O)N2CCCCC2CC)CCCN1. The summed E-state index contributed by atoms with van der Waals surface area (Å²) in [5.41, 5.74) is -0.223. The lowest BCUT2D eigenvalue weighted by Crippen LogP contribution is -2.58. The highest BCUT2D eigenvalue weighted by atomic mass is 16.2. The van der Waals surface area contributed by atoms with Gasteiger partial charge in [-0.1, -0.05) is 20.3 Å². The first kappa shape index (κ1) is 13.9. The van der Waals surface area contributed by atoms with Crippen LogP contribution >= 0.6 is 0 Å². The van der Waals surface area contributed by atoms with E-state index in [4.69, 9.17) is 0 Å². The summed E-state index contributed by atoms with van der Waals surface area (Å²) in [6.45, 7) is 6.38. The summed E-state index contributed by atoms with van der Waals surface area (Å²) in [6.07, 6.45) is 9.05. The van der Waals surface area contributed by atoms with E-state index in [1.807, 2.05) is 0 Å². The van der Waals surface area contributed by atoms with E-state index in [2.05, 4.69) is 24.1 Å². The molecule has 2 aliphatic rings. The van der Waals surface area contributed by atoms with Gasteiger partial charge in [0.25, 0.3) is 0 Å². The molecule has 0 aliphatic carbocycles. The van der Waals surface area contributed by atoms with Crippen LogP contribution in [0.4, 0.5) is 0 Å². The van der Waals surface area contributed by atoms with Crippen molar-refractivity contribution in [3.63, 3.8) is 0 Å². The molecule has 2 rings (SSSR count). The van der Waals surface area contributed by atoms with E-state index in [9.17, 15) is 4.79 Å². The van der Waals surface area contributed by atoms with E-state index >= 15 is 0 Å². The van der Waals surface area contributed by atoms with E-state index in [-0.39, 0.29) is 5.54 Å². The molecule has 2 unspecified atom stereocenters. The zero-order valence-electron chi connectivity index (χ0n) is 12.0. The molecule has 0 radical (unpaired) electrons. The average molecular weight is 252 g/mol. The molecule has 2 heterocycles. The number of hydrogen-bond acceptors (Lipinski definition) is 2. The van der Waals surface area contributed by atoms with Crippen molar-refractivity contribution in [2.24, 2.45) is 0 Å². The molecule has 2 fully saturated rings. The fourth-order valence-corrected chi connectivity index (χ4v) is 3.70. The van der Waals surface area contributed by atoms with Crippen molar-refractivity contribution in [1.82, 2.24) is 10.2 Å². The number of rotatable bonds is 4. The molecule has 104 valence electrons. The molecule has 0 aromatic heterocycles. The van der Waals surface area contributed by atoms with Crippen LogP contribution in [-0.2, 0) is 4.79 Å². The molecule has 2 aliphatic heterocycles. The summed E-state index contributed by atoms with van der Waals surface area (Å²) in [5.74, 6) is 0.397. The molecular weight excluding hydrogens is 224 g/mol. The van der Waals surface area contributed by atoms with Crippen LogP contribution < -0.4 is 5.32 Å². The molecule has 18 heavy (non-hydrogen) atoms. The van der Waals surface area contributed by atoms with Crippen molar-refractivity contribution < 1.29 is 4.79 Å². The summed E-state index contributed by atoms with van der Waals surface area (Å²) < 4.78 is 0. The number of hydrogen-bond donors (Lipinski definition) is 1. The summed E-state index contributed by atoms with van der Waals surface area (Å²) >= 11 is 0. The van der Waals surface area contributed by atoms with Gasteiger partial charge in [-0.25, -0.2) is 0 Å². The summed E-state index contributed by atoms with van der Waals surface area (Å²) in [7, 11) is 0. The van der Waals surface area contributed by atoms with Gasteiger partial charge in [0.1, 0.15) is 0 Å². The Hall–Kier alpha value is -0.570. The maximum absolute atomic E-state index is 12.9. The van der Waals surface area contributed by atoms with Gasteiger partial charge in [-0.15, -0.1) is 0 Å². The molecule has 0 aromatic rings. The molecule has 3 heteroatoms. The van der Waals surface area contributed by atoms with E-state index in [1.165, 1.54) is 19.3 Å². The molecule has 2 atom stereocenters. The van der Waals surface area contributed by atoms with Gasteiger partial charge in [0.15, 0.2) is 0 Å². The molecule has 0 spiro atoms. The number of nitrogens with zero attached hydrogens (tertiary/aromatic N) is 1. The van der Waals surface area contributed by atoms with Crippen molar-refractivity contribution >= 4 is 5.91 Å². The Bertz CT molecular complexity index is 284. The van der Waals surface area contributed by atoms with Gasteiger partial charge < -0.3 is 10.2 Å². The Balaban J connectivity index is 2.11. The Morgan fingerprint density at radius 1 is 1.33 bits per heavy atom. The molecule has 0 aromatic carbocycles. The third kappa shape index (κ3) is 2.56. The molecular formula is C15H28N2O. The molecule has 2 saturated heterocycles. The van der Waals surface area contributed by atoms with Crippen LogP contribution in [0, 0.1) is 0 Å². The minimum atomic E-state index is -0.223. The fourth-order valence-electron chi connectivity index (χ4n) is 3.70. The monoisotopic (exact) mass is 252 g/mol. The van der Waals surface area contributed by atoms with Crippen molar-refractivity contribution in [3.8, 4) is 0 Å². The number of nitrogens with one attached hydrogen (secondary N) is 1. The minimum Gasteiger partial charge on any atom is -0.338 e. The van der Waals surface area contributed by atoms with Crippen LogP contribution in [0.1, 0.15) is 65.2 Å². The number of carbonyl (C=O) groups excluding carboxylic acids is 1. The second-order valence-corrected chi connectivity index (χ2v) is 5.92. The second-order valence-electron chi connectivity index (χ2n) is 5.92. The van der Waals surface area contributed by atoms with Gasteiger partial charge in [0.2, 0.25) is 5.91 Å². The Kier molecular flexibility index (Phi) is 4.66. The van der Waals surface area contributed by atoms with Gasteiger partial charge in [0, 0.05) is 12.6 Å². The van der Waals surface area contributed by atoms with E-state index < -0.39 is 0 Å². The lowest BCUT2D eigenvalue weighted by molar-refractivity contribution is -0.142. The number of carbonyl (C=O) groups is 1. The van der Waals surface area contributed by atoms with E-state index in [0.29, 0.717) is 11.9 Å². The topological polar surface area (TPSA) is 32.3 Å².